The number of nitrogens with zero attached hydrogens (tertiary/aromatic N) is 3. The molecule has 0 bridgehead atoms. The number of thiazole rings is 1. The van der Waals surface area contributed by atoms with Crippen molar-refractivity contribution in [1.29, 1.82) is 0 Å². The second-order valence-corrected chi connectivity index (χ2v) is 14.2. The van der Waals surface area contributed by atoms with Crippen LogP contribution in [0.1, 0.15) is 48.3 Å². The van der Waals surface area contributed by atoms with E-state index in [2.05, 4.69) is 20.8 Å². The number of para-hydroxylation sites is 1. The van der Waals surface area contributed by atoms with E-state index in [9.17, 15) is 32.3 Å². The van der Waals surface area contributed by atoms with Crippen molar-refractivity contribution in [3.63, 3.8) is 0 Å². The summed E-state index contributed by atoms with van der Waals surface area (Å²) >= 11 is 1.88. The molecule has 3 atom stereocenters. The van der Waals surface area contributed by atoms with Crippen molar-refractivity contribution in [2.75, 3.05) is 31.2 Å². The van der Waals surface area contributed by atoms with Crippen LogP contribution in [0.2, 0.25) is 0 Å². The minimum absolute atomic E-state index is 0.167. The SMILES string of the molecule is CC(C)(C)c1ccc([C@H]2c3sc(=O)n(CC(=O)N4CCOCC4)c3SC3C(=O)N(c4ccccc4C(F)(F)F)C(=O)C32)cc1. The van der Waals surface area contributed by atoms with E-state index in [0.717, 1.165) is 40.8 Å². The fourth-order valence-electron chi connectivity index (χ4n) is 6.00. The minimum Gasteiger partial charge on any atom is -0.378 e. The molecule has 2 fully saturated rings. The molecule has 1 aromatic heterocycles. The van der Waals surface area contributed by atoms with E-state index in [1.807, 2.05) is 24.3 Å². The highest BCUT2D eigenvalue weighted by Crippen LogP contribution is 2.54. The van der Waals surface area contributed by atoms with E-state index in [0.29, 0.717) is 46.7 Å². The predicted octanol–water partition coefficient (Wildman–Crippen LogP) is 4.88. The first-order chi connectivity index (χ1) is 20.8. The highest BCUT2D eigenvalue weighted by molar-refractivity contribution is 8.00. The lowest BCUT2D eigenvalue weighted by atomic mass is 9.81. The van der Waals surface area contributed by atoms with Crippen molar-refractivity contribution in [3.05, 3.63) is 79.8 Å². The maximum atomic E-state index is 14.1. The van der Waals surface area contributed by atoms with E-state index in [-0.39, 0.29) is 17.9 Å². The molecule has 232 valence electrons. The average molecular weight is 646 g/mol. The first-order valence-electron chi connectivity index (χ1n) is 14.2. The standard InChI is InChI=1S/C31H30F3N3O5S2/c1-30(2,3)18-10-8-17(9-11-18)22-23-24(27(40)37(26(23)39)20-7-5-4-6-19(20)31(32,33)34)43-28-25(22)44-29(41)36(28)16-21(38)35-12-14-42-15-13-35/h4-11,22-24H,12-16H2,1-3H3/t22-,23?,24?/m1/s1. The Kier molecular flexibility index (Phi) is 7.78. The third-order valence-electron chi connectivity index (χ3n) is 8.29. The Morgan fingerprint density at radius 1 is 0.955 bits per heavy atom. The van der Waals surface area contributed by atoms with Gasteiger partial charge in [-0.1, -0.05) is 80.3 Å². The lowest BCUT2D eigenvalue weighted by Gasteiger charge is -2.31. The summed E-state index contributed by atoms with van der Waals surface area (Å²) in [6.07, 6.45) is -4.79. The summed E-state index contributed by atoms with van der Waals surface area (Å²) < 4.78 is 48.7. The molecule has 0 saturated carbocycles. The number of halogens is 3. The molecule has 3 aromatic rings. The van der Waals surface area contributed by atoms with Crippen LogP contribution in [0, 0.1) is 5.92 Å². The molecule has 6 rings (SSSR count). The number of ether oxygens (including phenoxy) is 1. The molecule has 2 unspecified atom stereocenters. The molecule has 8 nitrogen and oxygen atoms in total. The first kappa shape index (κ1) is 30.6. The third-order valence-corrected chi connectivity index (χ3v) is 10.9. The zero-order valence-corrected chi connectivity index (χ0v) is 25.9. The predicted molar refractivity (Wildman–Crippen MR) is 160 cm³/mol. The largest absolute Gasteiger partial charge is 0.418 e. The Morgan fingerprint density at radius 2 is 1.61 bits per heavy atom. The molecule has 2 saturated heterocycles. The molecular formula is C31H30F3N3O5S2. The maximum Gasteiger partial charge on any atom is 0.418 e. The number of hydrogen-bond donors (Lipinski definition) is 0. The van der Waals surface area contributed by atoms with Crippen LogP contribution >= 0.6 is 23.1 Å². The van der Waals surface area contributed by atoms with Gasteiger partial charge in [0.2, 0.25) is 17.7 Å². The number of aromatic nitrogens is 1. The fourth-order valence-corrected chi connectivity index (χ4v) is 8.77. The monoisotopic (exact) mass is 645 g/mol. The number of carbonyl (C=O) groups excluding carboxylic acids is 3. The van der Waals surface area contributed by atoms with Crippen molar-refractivity contribution < 1.29 is 32.3 Å². The lowest BCUT2D eigenvalue weighted by molar-refractivity contribution is -0.137. The van der Waals surface area contributed by atoms with Gasteiger partial charge in [0.25, 0.3) is 0 Å². The van der Waals surface area contributed by atoms with Crippen LogP contribution in [0.5, 0.6) is 0 Å². The number of imide groups is 1. The molecule has 0 spiro atoms. The third kappa shape index (κ3) is 5.28. The van der Waals surface area contributed by atoms with E-state index >= 15 is 0 Å². The fraction of sp³-hybridized carbons (Fsp3) is 0.419. The Bertz CT molecular complexity index is 1690. The Morgan fingerprint density at radius 3 is 2.25 bits per heavy atom. The molecule has 2 aromatic carbocycles. The second-order valence-electron chi connectivity index (χ2n) is 12.1. The quantitative estimate of drug-likeness (QED) is 0.376. The number of thioether (sulfide) groups is 1. The van der Waals surface area contributed by atoms with Gasteiger partial charge in [0.05, 0.1) is 35.4 Å². The molecule has 3 aliphatic rings. The highest BCUT2D eigenvalue weighted by Gasteiger charge is 2.57. The summed E-state index contributed by atoms with van der Waals surface area (Å²) in [5.74, 6) is -3.64. The minimum atomic E-state index is -4.79. The number of benzene rings is 2. The first-order valence-corrected chi connectivity index (χ1v) is 15.9. The van der Waals surface area contributed by atoms with Gasteiger partial charge in [-0.25, -0.2) is 4.90 Å². The Hall–Kier alpha value is -3.42. The van der Waals surface area contributed by atoms with E-state index < -0.39 is 51.2 Å². The maximum absolute atomic E-state index is 14.1. The van der Waals surface area contributed by atoms with Crippen LogP contribution < -0.4 is 9.77 Å². The average Bonchev–Trinajstić information content (AvgIpc) is 3.42. The topological polar surface area (TPSA) is 88.9 Å². The summed E-state index contributed by atoms with van der Waals surface area (Å²) in [7, 11) is 0. The van der Waals surface area contributed by atoms with E-state index in [1.54, 1.807) is 4.90 Å². The van der Waals surface area contributed by atoms with Crippen LogP contribution in [0.3, 0.4) is 0 Å². The zero-order chi connectivity index (χ0) is 31.6. The smallest absolute Gasteiger partial charge is 0.378 e. The molecule has 3 aliphatic heterocycles. The van der Waals surface area contributed by atoms with Crippen LogP contribution in [0.25, 0.3) is 0 Å². The molecule has 0 N–H and O–H groups in total. The molecule has 0 radical (unpaired) electrons. The van der Waals surface area contributed by atoms with Crippen LogP contribution in [0.15, 0.2) is 58.4 Å². The molecule has 44 heavy (non-hydrogen) atoms. The van der Waals surface area contributed by atoms with Crippen molar-refractivity contribution in [3.8, 4) is 0 Å². The van der Waals surface area contributed by atoms with Crippen molar-refractivity contribution in [2.24, 2.45) is 5.92 Å². The van der Waals surface area contributed by atoms with Gasteiger partial charge in [0.1, 0.15) is 11.8 Å². The Labute approximate surface area is 259 Å². The number of fused-ring (bicyclic) bond motifs is 2. The van der Waals surface area contributed by atoms with Crippen molar-refractivity contribution >= 4 is 46.5 Å². The van der Waals surface area contributed by atoms with Crippen LogP contribution in [-0.2, 0) is 37.3 Å². The van der Waals surface area contributed by atoms with E-state index in [4.69, 9.17) is 4.74 Å². The molecule has 3 amide bonds. The normalized spacial score (nSPS) is 22.3. The summed E-state index contributed by atoms with van der Waals surface area (Å²) in [4.78, 5) is 57.0. The second kappa shape index (κ2) is 11.2. The highest BCUT2D eigenvalue weighted by atomic mass is 32.2. The van der Waals surface area contributed by atoms with Gasteiger partial charge >= 0.3 is 11.0 Å². The number of morpholine rings is 1. The van der Waals surface area contributed by atoms with Gasteiger partial charge in [-0.05, 0) is 28.7 Å². The summed E-state index contributed by atoms with van der Waals surface area (Å²) in [6.45, 7) is 7.47. The number of anilines is 1. The van der Waals surface area contributed by atoms with Crippen LogP contribution in [0.4, 0.5) is 18.9 Å². The van der Waals surface area contributed by atoms with E-state index in [1.165, 1.54) is 16.7 Å². The van der Waals surface area contributed by atoms with Gasteiger partial charge in [0, 0.05) is 23.9 Å². The van der Waals surface area contributed by atoms with Crippen molar-refractivity contribution in [1.82, 2.24) is 9.47 Å². The number of alkyl halides is 3. The summed E-state index contributed by atoms with van der Waals surface area (Å²) in [5.41, 5.74) is -0.0802. The number of carbonyl (C=O) groups is 3. The Balaban J connectivity index is 1.46. The van der Waals surface area contributed by atoms with Gasteiger partial charge in [0.15, 0.2) is 0 Å². The molecule has 4 heterocycles. The molecule has 0 aliphatic carbocycles. The van der Waals surface area contributed by atoms with Gasteiger partial charge < -0.3 is 9.64 Å². The molecular weight excluding hydrogens is 615 g/mol. The number of rotatable bonds is 4. The number of hydrogen-bond acceptors (Lipinski definition) is 7. The van der Waals surface area contributed by atoms with Crippen molar-refractivity contribution in [2.45, 2.75) is 55.1 Å². The van der Waals surface area contributed by atoms with Crippen LogP contribution in [-0.4, -0.2) is 58.7 Å². The summed E-state index contributed by atoms with van der Waals surface area (Å²) in [6, 6.07) is 12.1. The van der Waals surface area contributed by atoms with Gasteiger partial charge in [-0.15, -0.1) is 0 Å². The molecule has 13 heteroatoms. The number of amides is 3. The van der Waals surface area contributed by atoms with Gasteiger partial charge in [-0.2, -0.15) is 13.2 Å². The van der Waals surface area contributed by atoms with Gasteiger partial charge in [-0.3, -0.25) is 23.7 Å². The lowest BCUT2D eigenvalue weighted by Crippen LogP contribution is -2.43. The zero-order valence-electron chi connectivity index (χ0n) is 24.2. The summed E-state index contributed by atoms with van der Waals surface area (Å²) in [5, 5.41) is -0.706.